The molecule has 0 amide bonds. The van der Waals surface area contributed by atoms with E-state index in [1.54, 1.807) is 0 Å². The first kappa shape index (κ1) is 10.7. The van der Waals surface area contributed by atoms with E-state index in [2.05, 4.69) is 15.9 Å². The molecular formula is C10H14BrNO. The molecule has 0 aromatic heterocycles. The second kappa shape index (κ2) is 4.74. The summed E-state index contributed by atoms with van der Waals surface area (Å²) in [6, 6.07) is 5.96. The molecule has 2 nitrogen and oxygen atoms in total. The third kappa shape index (κ3) is 2.79. The highest BCUT2D eigenvalue weighted by molar-refractivity contribution is 9.10. The number of nitrogens with two attached hydrogens (primary N) is 1. The lowest BCUT2D eigenvalue weighted by atomic mass is 10.00. The molecule has 0 saturated heterocycles. The number of halogens is 1. The average Bonchev–Trinajstić information content (AvgIpc) is 2.09. The van der Waals surface area contributed by atoms with Gasteiger partial charge in [-0.2, -0.15) is 0 Å². The second-order valence-corrected chi connectivity index (χ2v) is 4.04. The van der Waals surface area contributed by atoms with E-state index in [0.717, 1.165) is 10.0 Å². The summed E-state index contributed by atoms with van der Waals surface area (Å²) in [6.45, 7) is 2.16. The fraction of sp³-hybridized carbons (Fsp3) is 0.400. The van der Waals surface area contributed by atoms with E-state index in [1.807, 2.05) is 25.1 Å². The molecule has 0 spiro atoms. The molecule has 0 heterocycles. The second-order valence-electron chi connectivity index (χ2n) is 3.12. The van der Waals surface area contributed by atoms with Crippen LogP contribution in [0.5, 0.6) is 0 Å². The van der Waals surface area contributed by atoms with Gasteiger partial charge in [-0.1, -0.05) is 22.0 Å². The maximum absolute atomic E-state index is 8.77. The Hall–Kier alpha value is -0.380. The van der Waals surface area contributed by atoms with Crippen LogP contribution >= 0.6 is 15.9 Å². The molecule has 13 heavy (non-hydrogen) atoms. The van der Waals surface area contributed by atoms with E-state index in [9.17, 15) is 0 Å². The van der Waals surface area contributed by atoms with Gasteiger partial charge < -0.3 is 10.8 Å². The van der Waals surface area contributed by atoms with Crippen molar-refractivity contribution in [3.8, 4) is 0 Å². The molecule has 72 valence electrons. The molecule has 1 rings (SSSR count). The minimum Gasteiger partial charge on any atom is -0.396 e. The molecule has 0 fully saturated rings. The van der Waals surface area contributed by atoms with Gasteiger partial charge >= 0.3 is 0 Å². The molecule has 0 saturated carbocycles. The Bertz CT molecular complexity index is 288. The predicted octanol–water partition coefficient (Wildman–Crippen LogP) is 2.14. The van der Waals surface area contributed by atoms with E-state index < -0.39 is 0 Å². The van der Waals surface area contributed by atoms with Gasteiger partial charge in [0.1, 0.15) is 0 Å². The van der Waals surface area contributed by atoms with Gasteiger partial charge in [-0.15, -0.1) is 0 Å². The van der Waals surface area contributed by atoms with Crippen LogP contribution in [-0.2, 0) is 0 Å². The van der Waals surface area contributed by atoms with Crippen LogP contribution in [0.15, 0.2) is 22.7 Å². The Morgan fingerprint density at radius 2 is 2.23 bits per heavy atom. The molecule has 0 aliphatic carbocycles. The molecule has 0 bridgehead atoms. The summed E-state index contributed by atoms with van der Waals surface area (Å²) in [6.07, 6.45) is 0.608. The number of aliphatic hydroxyl groups excluding tert-OH is 1. The maximum Gasteiger partial charge on any atom is 0.0449 e. The van der Waals surface area contributed by atoms with Crippen LogP contribution in [0.2, 0.25) is 0 Å². The van der Waals surface area contributed by atoms with E-state index in [0.29, 0.717) is 6.42 Å². The minimum absolute atomic E-state index is 0.0671. The number of aryl methyl sites for hydroxylation is 1. The van der Waals surface area contributed by atoms with Crippen molar-refractivity contribution >= 4 is 15.9 Å². The first-order valence-electron chi connectivity index (χ1n) is 4.27. The molecule has 0 unspecified atom stereocenters. The first-order chi connectivity index (χ1) is 6.15. The third-order valence-corrected chi connectivity index (χ3v) is 2.57. The quantitative estimate of drug-likeness (QED) is 0.855. The highest BCUT2D eigenvalue weighted by atomic mass is 79.9. The van der Waals surface area contributed by atoms with Gasteiger partial charge in [0.15, 0.2) is 0 Å². The summed E-state index contributed by atoms with van der Waals surface area (Å²) < 4.78 is 1.03. The first-order valence-corrected chi connectivity index (χ1v) is 5.07. The summed E-state index contributed by atoms with van der Waals surface area (Å²) in [5, 5.41) is 8.77. The number of hydrogen-bond acceptors (Lipinski definition) is 2. The van der Waals surface area contributed by atoms with Crippen LogP contribution in [-0.4, -0.2) is 11.7 Å². The Morgan fingerprint density at radius 1 is 1.54 bits per heavy atom. The van der Waals surface area contributed by atoms with E-state index in [4.69, 9.17) is 10.8 Å². The molecule has 3 heteroatoms. The molecule has 1 aromatic carbocycles. The SMILES string of the molecule is Cc1ccc(Br)cc1[C@@H](N)CCO. The van der Waals surface area contributed by atoms with Gasteiger partial charge in [0.25, 0.3) is 0 Å². The molecule has 0 aliphatic heterocycles. The van der Waals surface area contributed by atoms with Gasteiger partial charge in [-0.25, -0.2) is 0 Å². The Kier molecular flexibility index (Phi) is 3.90. The fourth-order valence-electron chi connectivity index (χ4n) is 1.31. The molecule has 3 N–H and O–H groups in total. The number of hydrogen-bond donors (Lipinski definition) is 2. The van der Waals surface area contributed by atoms with Crippen LogP contribution in [0, 0.1) is 6.92 Å². The standard InChI is InChI=1S/C10H14BrNO/c1-7-2-3-8(11)6-9(7)10(12)4-5-13/h2-3,6,10,13H,4-5,12H2,1H3/t10-/m0/s1. The number of aliphatic hydroxyl groups is 1. The van der Waals surface area contributed by atoms with Crippen LogP contribution in [0.1, 0.15) is 23.6 Å². The zero-order valence-corrected chi connectivity index (χ0v) is 9.21. The summed E-state index contributed by atoms with van der Waals surface area (Å²) in [7, 11) is 0. The summed E-state index contributed by atoms with van der Waals surface area (Å²) >= 11 is 3.40. The van der Waals surface area contributed by atoms with Crippen molar-refractivity contribution < 1.29 is 5.11 Å². The zero-order chi connectivity index (χ0) is 9.84. The van der Waals surface area contributed by atoms with Gasteiger partial charge in [-0.3, -0.25) is 0 Å². The largest absolute Gasteiger partial charge is 0.396 e. The van der Waals surface area contributed by atoms with E-state index in [-0.39, 0.29) is 12.6 Å². The van der Waals surface area contributed by atoms with Crippen LogP contribution in [0.3, 0.4) is 0 Å². The Balaban J connectivity index is 2.91. The third-order valence-electron chi connectivity index (χ3n) is 2.08. The molecular weight excluding hydrogens is 230 g/mol. The van der Waals surface area contributed by atoms with E-state index >= 15 is 0 Å². The van der Waals surface area contributed by atoms with E-state index in [1.165, 1.54) is 5.56 Å². The Labute approximate surface area is 86.9 Å². The molecule has 1 aromatic rings. The highest BCUT2D eigenvalue weighted by Gasteiger charge is 2.08. The minimum atomic E-state index is -0.0671. The van der Waals surface area contributed by atoms with Gasteiger partial charge in [0, 0.05) is 17.1 Å². The highest BCUT2D eigenvalue weighted by Crippen LogP contribution is 2.22. The lowest BCUT2D eigenvalue weighted by molar-refractivity contribution is 0.276. The number of rotatable bonds is 3. The normalized spacial score (nSPS) is 12.9. The summed E-state index contributed by atoms with van der Waals surface area (Å²) in [5.74, 6) is 0. The van der Waals surface area contributed by atoms with Crippen molar-refractivity contribution in [3.05, 3.63) is 33.8 Å². The smallest absolute Gasteiger partial charge is 0.0449 e. The van der Waals surface area contributed by atoms with Crippen LogP contribution in [0.25, 0.3) is 0 Å². The maximum atomic E-state index is 8.77. The summed E-state index contributed by atoms with van der Waals surface area (Å²) in [4.78, 5) is 0. The number of benzene rings is 1. The lowest BCUT2D eigenvalue weighted by Crippen LogP contribution is -2.13. The summed E-state index contributed by atoms with van der Waals surface area (Å²) in [5.41, 5.74) is 8.17. The fourth-order valence-corrected chi connectivity index (χ4v) is 1.68. The average molecular weight is 244 g/mol. The topological polar surface area (TPSA) is 46.2 Å². The van der Waals surface area contributed by atoms with Crippen molar-refractivity contribution in [1.29, 1.82) is 0 Å². The monoisotopic (exact) mass is 243 g/mol. The Morgan fingerprint density at radius 3 is 2.85 bits per heavy atom. The van der Waals surface area contributed by atoms with Gasteiger partial charge in [-0.05, 0) is 36.6 Å². The van der Waals surface area contributed by atoms with Crippen molar-refractivity contribution in [3.63, 3.8) is 0 Å². The van der Waals surface area contributed by atoms with Crippen molar-refractivity contribution in [2.24, 2.45) is 5.73 Å². The van der Waals surface area contributed by atoms with Gasteiger partial charge in [0.05, 0.1) is 0 Å². The lowest BCUT2D eigenvalue weighted by Gasteiger charge is -2.13. The molecule has 0 radical (unpaired) electrons. The predicted molar refractivity (Wildman–Crippen MR) is 57.5 cm³/mol. The van der Waals surface area contributed by atoms with Crippen LogP contribution < -0.4 is 5.73 Å². The van der Waals surface area contributed by atoms with Crippen molar-refractivity contribution in [2.75, 3.05) is 6.61 Å². The molecule has 0 aliphatic rings. The van der Waals surface area contributed by atoms with Gasteiger partial charge in [0.2, 0.25) is 0 Å². The molecule has 1 atom stereocenters. The van der Waals surface area contributed by atoms with Crippen molar-refractivity contribution in [1.82, 2.24) is 0 Å². The van der Waals surface area contributed by atoms with Crippen molar-refractivity contribution in [2.45, 2.75) is 19.4 Å². The zero-order valence-electron chi connectivity index (χ0n) is 7.63. The van der Waals surface area contributed by atoms with Crippen LogP contribution in [0.4, 0.5) is 0 Å².